The SMILES string of the molecule is CN1C(=O)C[C@@H](CNC(=O)CCOc2ccccc2)[C@@H]1c1nccn1C. The van der Waals surface area contributed by atoms with Crippen LogP contribution in [-0.2, 0) is 16.6 Å². The molecule has 0 saturated carbocycles. The zero-order valence-electron chi connectivity index (χ0n) is 15.1. The third kappa shape index (κ3) is 4.04. The Bertz CT molecular complexity index is 759. The summed E-state index contributed by atoms with van der Waals surface area (Å²) in [6, 6.07) is 9.28. The first kappa shape index (κ1) is 18.0. The topological polar surface area (TPSA) is 76.5 Å². The zero-order chi connectivity index (χ0) is 18.5. The largest absolute Gasteiger partial charge is 0.493 e. The van der Waals surface area contributed by atoms with Crippen molar-refractivity contribution in [2.75, 3.05) is 20.2 Å². The molecule has 1 aromatic heterocycles. The third-order valence-corrected chi connectivity index (χ3v) is 4.72. The molecule has 0 radical (unpaired) electrons. The molecule has 1 N–H and O–H groups in total. The molecule has 2 aromatic rings. The maximum Gasteiger partial charge on any atom is 0.223 e. The van der Waals surface area contributed by atoms with Crippen LogP contribution in [0.5, 0.6) is 5.75 Å². The van der Waals surface area contributed by atoms with Crippen molar-refractivity contribution in [3.05, 3.63) is 48.5 Å². The average molecular weight is 356 g/mol. The highest BCUT2D eigenvalue weighted by Crippen LogP contribution is 2.35. The van der Waals surface area contributed by atoms with Gasteiger partial charge in [0.25, 0.3) is 0 Å². The molecule has 1 saturated heterocycles. The monoisotopic (exact) mass is 356 g/mol. The number of aromatic nitrogens is 2. The summed E-state index contributed by atoms with van der Waals surface area (Å²) >= 11 is 0. The minimum atomic E-state index is -0.122. The molecule has 3 rings (SSSR count). The van der Waals surface area contributed by atoms with Crippen molar-refractivity contribution in [1.29, 1.82) is 0 Å². The van der Waals surface area contributed by atoms with E-state index in [1.165, 1.54) is 0 Å². The van der Waals surface area contributed by atoms with E-state index in [0.717, 1.165) is 11.6 Å². The zero-order valence-corrected chi connectivity index (χ0v) is 15.1. The van der Waals surface area contributed by atoms with Crippen molar-refractivity contribution >= 4 is 11.8 Å². The van der Waals surface area contributed by atoms with Gasteiger partial charge in [0, 0.05) is 45.4 Å². The maximum atomic E-state index is 12.1. The molecular formula is C19H24N4O3. The van der Waals surface area contributed by atoms with E-state index in [-0.39, 0.29) is 30.2 Å². The van der Waals surface area contributed by atoms with Crippen LogP contribution >= 0.6 is 0 Å². The van der Waals surface area contributed by atoms with Gasteiger partial charge in [-0.25, -0.2) is 4.98 Å². The van der Waals surface area contributed by atoms with Crippen LogP contribution in [0.3, 0.4) is 0 Å². The van der Waals surface area contributed by atoms with Crippen LogP contribution in [0.15, 0.2) is 42.7 Å². The van der Waals surface area contributed by atoms with E-state index in [1.54, 1.807) is 18.1 Å². The van der Waals surface area contributed by atoms with E-state index in [2.05, 4.69) is 10.3 Å². The number of likely N-dealkylation sites (tertiary alicyclic amines) is 1. The Morgan fingerprint density at radius 2 is 2.08 bits per heavy atom. The number of ether oxygens (including phenoxy) is 1. The number of nitrogens with one attached hydrogen (secondary N) is 1. The number of rotatable bonds is 7. The van der Waals surface area contributed by atoms with Crippen LogP contribution in [0, 0.1) is 5.92 Å². The van der Waals surface area contributed by atoms with Gasteiger partial charge in [0.15, 0.2) is 0 Å². The van der Waals surface area contributed by atoms with Gasteiger partial charge in [-0.05, 0) is 12.1 Å². The lowest BCUT2D eigenvalue weighted by molar-refractivity contribution is -0.127. The second-order valence-electron chi connectivity index (χ2n) is 6.53. The Morgan fingerprint density at radius 3 is 2.77 bits per heavy atom. The van der Waals surface area contributed by atoms with Gasteiger partial charge in [-0.2, -0.15) is 0 Å². The molecule has 0 spiro atoms. The number of benzene rings is 1. The Kier molecular flexibility index (Phi) is 5.55. The molecule has 1 aromatic carbocycles. The number of hydrogen-bond acceptors (Lipinski definition) is 4. The van der Waals surface area contributed by atoms with Gasteiger partial charge in [0.05, 0.1) is 19.1 Å². The summed E-state index contributed by atoms with van der Waals surface area (Å²) < 4.78 is 7.46. The van der Waals surface area contributed by atoms with E-state index in [1.807, 2.05) is 48.1 Å². The molecule has 0 bridgehead atoms. The number of para-hydroxylation sites is 1. The van der Waals surface area contributed by atoms with E-state index < -0.39 is 0 Å². The number of carbonyl (C=O) groups excluding carboxylic acids is 2. The third-order valence-electron chi connectivity index (χ3n) is 4.72. The minimum absolute atomic E-state index is 0.00703. The summed E-state index contributed by atoms with van der Waals surface area (Å²) in [5.74, 6) is 1.59. The summed E-state index contributed by atoms with van der Waals surface area (Å²) in [7, 11) is 3.70. The lowest BCUT2D eigenvalue weighted by Crippen LogP contribution is -2.34. The molecule has 2 heterocycles. The van der Waals surface area contributed by atoms with Crippen molar-refractivity contribution in [2.45, 2.75) is 18.9 Å². The van der Waals surface area contributed by atoms with Gasteiger partial charge in [0.1, 0.15) is 11.6 Å². The minimum Gasteiger partial charge on any atom is -0.493 e. The van der Waals surface area contributed by atoms with Crippen LogP contribution in [0.2, 0.25) is 0 Å². The van der Waals surface area contributed by atoms with Gasteiger partial charge in [-0.1, -0.05) is 18.2 Å². The van der Waals surface area contributed by atoms with Crippen molar-refractivity contribution in [1.82, 2.24) is 19.8 Å². The first-order valence-corrected chi connectivity index (χ1v) is 8.73. The van der Waals surface area contributed by atoms with Crippen LogP contribution in [0.25, 0.3) is 0 Å². The standard InChI is InChI=1S/C19H24N4O3/c1-22-10-9-20-19(22)18-14(12-17(25)23(18)2)13-21-16(24)8-11-26-15-6-4-3-5-7-15/h3-7,9-10,14,18H,8,11-13H2,1-2H3,(H,21,24)/t14-,18+/m0/s1. The summed E-state index contributed by atoms with van der Waals surface area (Å²) in [5, 5.41) is 2.93. The fourth-order valence-corrected chi connectivity index (χ4v) is 3.29. The molecule has 0 unspecified atom stereocenters. The highest BCUT2D eigenvalue weighted by molar-refractivity contribution is 5.80. The fourth-order valence-electron chi connectivity index (χ4n) is 3.29. The van der Waals surface area contributed by atoms with E-state index >= 15 is 0 Å². The summed E-state index contributed by atoms with van der Waals surface area (Å²) in [4.78, 5) is 30.3. The molecule has 7 heteroatoms. The predicted octanol–water partition coefficient (Wildman–Crippen LogP) is 1.52. The second kappa shape index (κ2) is 8.03. The number of hydrogen-bond donors (Lipinski definition) is 1. The summed E-state index contributed by atoms with van der Waals surface area (Å²) in [5.41, 5.74) is 0. The predicted molar refractivity (Wildman–Crippen MR) is 96.4 cm³/mol. The Morgan fingerprint density at radius 1 is 1.31 bits per heavy atom. The smallest absolute Gasteiger partial charge is 0.223 e. The molecule has 2 amide bonds. The van der Waals surface area contributed by atoms with Crippen molar-refractivity contribution in [3.63, 3.8) is 0 Å². The Balaban J connectivity index is 1.50. The van der Waals surface area contributed by atoms with Gasteiger partial charge in [-0.15, -0.1) is 0 Å². The second-order valence-corrected chi connectivity index (χ2v) is 6.53. The molecule has 0 aliphatic carbocycles. The number of amides is 2. The molecule has 7 nitrogen and oxygen atoms in total. The van der Waals surface area contributed by atoms with Crippen LogP contribution in [0.1, 0.15) is 24.7 Å². The van der Waals surface area contributed by atoms with Crippen molar-refractivity contribution in [2.24, 2.45) is 13.0 Å². The van der Waals surface area contributed by atoms with Crippen LogP contribution < -0.4 is 10.1 Å². The van der Waals surface area contributed by atoms with Crippen LogP contribution in [0.4, 0.5) is 0 Å². The van der Waals surface area contributed by atoms with E-state index in [9.17, 15) is 9.59 Å². The molecule has 138 valence electrons. The highest BCUT2D eigenvalue weighted by atomic mass is 16.5. The number of aryl methyl sites for hydroxylation is 1. The number of imidazole rings is 1. The molecule has 1 aliphatic rings. The summed E-state index contributed by atoms with van der Waals surface area (Å²) in [6.45, 7) is 0.764. The molecule has 26 heavy (non-hydrogen) atoms. The quantitative estimate of drug-likeness (QED) is 0.816. The van der Waals surface area contributed by atoms with Crippen LogP contribution in [-0.4, -0.2) is 46.5 Å². The molecule has 1 fully saturated rings. The van der Waals surface area contributed by atoms with Gasteiger partial charge in [0.2, 0.25) is 11.8 Å². The van der Waals surface area contributed by atoms with Crippen molar-refractivity contribution in [3.8, 4) is 5.75 Å². The Hall–Kier alpha value is -2.83. The lowest BCUT2D eigenvalue weighted by Gasteiger charge is -2.24. The average Bonchev–Trinajstić information content (AvgIpc) is 3.17. The van der Waals surface area contributed by atoms with Crippen molar-refractivity contribution < 1.29 is 14.3 Å². The van der Waals surface area contributed by atoms with E-state index in [4.69, 9.17) is 4.74 Å². The van der Waals surface area contributed by atoms with Gasteiger partial charge < -0.3 is 19.5 Å². The Labute approximate surface area is 153 Å². The fraction of sp³-hybridized carbons (Fsp3) is 0.421. The normalized spacial score (nSPS) is 19.6. The number of nitrogens with zero attached hydrogens (tertiary/aromatic N) is 3. The molecule has 2 atom stereocenters. The van der Waals surface area contributed by atoms with Gasteiger partial charge in [-0.3, -0.25) is 9.59 Å². The molecular weight excluding hydrogens is 332 g/mol. The number of carbonyl (C=O) groups is 2. The molecule has 1 aliphatic heterocycles. The van der Waals surface area contributed by atoms with E-state index in [0.29, 0.717) is 19.6 Å². The first-order chi connectivity index (χ1) is 12.6. The maximum absolute atomic E-state index is 12.1. The lowest BCUT2D eigenvalue weighted by atomic mass is 9.99. The first-order valence-electron chi connectivity index (χ1n) is 8.73. The summed E-state index contributed by atoms with van der Waals surface area (Å²) in [6.07, 6.45) is 4.28. The highest BCUT2D eigenvalue weighted by Gasteiger charge is 2.40. The van der Waals surface area contributed by atoms with Gasteiger partial charge >= 0.3 is 0 Å².